The van der Waals surface area contributed by atoms with Crippen LogP contribution in [0.15, 0.2) is 36.4 Å². The van der Waals surface area contributed by atoms with Gasteiger partial charge in [-0.25, -0.2) is 0 Å². The summed E-state index contributed by atoms with van der Waals surface area (Å²) >= 11 is 0. The molecule has 21 heavy (non-hydrogen) atoms. The van der Waals surface area contributed by atoms with Crippen molar-refractivity contribution in [3.8, 4) is 0 Å². The van der Waals surface area contributed by atoms with E-state index in [1.807, 2.05) is 0 Å². The number of hydrogen-bond donors (Lipinski definition) is 1. The van der Waals surface area contributed by atoms with Gasteiger partial charge in [-0.3, -0.25) is 9.88 Å². The van der Waals surface area contributed by atoms with Crippen molar-refractivity contribution in [2.24, 2.45) is 5.41 Å². The summed E-state index contributed by atoms with van der Waals surface area (Å²) in [6.45, 7) is 11.1. The number of rotatable bonds is 2. The fraction of sp³-hybridized carbons (Fsp3) is 0.500. The van der Waals surface area contributed by atoms with Crippen LogP contribution < -0.4 is 5.32 Å². The summed E-state index contributed by atoms with van der Waals surface area (Å²) in [6, 6.07) is 13.2. The van der Waals surface area contributed by atoms with E-state index in [1.165, 1.54) is 11.1 Å². The molecule has 3 nitrogen and oxygen atoms in total. The number of benzene rings is 1. The lowest BCUT2D eigenvalue weighted by molar-refractivity contribution is 0.128. The van der Waals surface area contributed by atoms with Crippen LogP contribution in [0.5, 0.6) is 0 Å². The summed E-state index contributed by atoms with van der Waals surface area (Å²) in [4.78, 5) is 7.31. The van der Waals surface area contributed by atoms with E-state index in [0.717, 1.165) is 31.7 Å². The maximum atomic E-state index is 4.79. The first kappa shape index (κ1) is 14.5. The van der Waals surface area contributed by atoms with Crippen molar-refractivity contribution in [3.05, 3.63) is 42.1 Å². The lowest BCUT2D eigenvalue weighted by Crippen LogP contribution is -2.55. The largest absolute Gasteiger partial charge is 0.311 e. The molecule has 0 radical (unpaired) electrons. The predicted octanol–water partition coefficient (Wildman–Crippen LogP) is 3.05. The second-order valence-electron chi connectivity index (χ2n) is 7.10. The van der Waals surface area contributed by atoms with E-state index in [4.69, 9.17) is 4.98 Å². The molecule has 0 bridgehead atoms. The Labute approximate surface area is 127 Å². The molecule has 1 unspecified atom stereocenters. The molecular weight excluding hydrogens is 258 g/mol. The normalized spacial score (nSPS) is 20.8. The number of piperazine rings is 1. The molecule has 0 amide bonds. The van der Waals surface area contributed by atoms with E-state index in [9.17, 15) is 0 Å². The van der Waals surface area contributed by atoms with Crippen molar-refractivity contribution in [3.63, 3.8) is 0 Å². The van der Waals surface area contributed by atoms with E-state index in [-0.39, 0.29) is 0 Å². The Balaban J connectivity index is 1.72. The molecule has 1 aromatic heterocycles. The van der Waals surface area contributed by atoms with Crippen LogP contribution in [0, 0.1) is 5.41 Å². The van der Waals surface area contributed by atoms with Gasteiger partial charge in [0, 0.05) is 37.6 Å². The van der Waals surface area contributed by atoms with Gasteiger partial charge in [0.1, 0.15) is 0 Å². The Kier molecular flexibility index (Phi) is 3.96. The van der Waals surface area contributed by atoms with Gasteiger partial charge in [-0.1, -0.05) is 45.0 Å². The fourth-order valence-electron chi connectivity index (χ4n) is 2.96. The topological polar surface area (TPSA) is 28.2 Å². The fourth-order valence-corrected chi connectivity index (χ4v) is 2.96. The molecule has 0 saturated carbocycles. The number of hydrogen-bond acceptors (Lipinski definition) is 3. The van der Waals surface area contributed by atoms with Gasteiger partial charge >= 0.3 is 0 Å². The van der Waals surface area contributed by atoms with Gasteiger partial charge in [0.2, 0.25) is 0 Å². The Hall–Kier alpha value is -1.45. The minimum atomic E-state index is 0.301. The van der Waals surface area contributed by atoms with Gasteiger partial charge in [-0.2, -0.15) is 0 Å². The number of para-hydroxylation sites is 1. The molecule has 1 atom stereocenters. The third-order valence-electron chi connectivity index (χ3n) is 4.35. The van der Waals surface area contributed by atoms with Gasteiger partial charge in [0.15, 0.2) is 0 Å². The molecule has 3 rings (SSSR count). The zero-order chi connectivity index (χ0) is 14.9. The highest BCUT2D eigenvalue weighted by Crippen LogP contribution is 2.22. The summed E-state index contributed by atoms with van der Waals surface area (Å²) in [7, 11) is 0. The number of nitrogens with zero attached hydrogens (tertiary/aromatic N) is 2. The monoisotopic (exact) mass is 283 g/mol. The van der Waals surface area contributed by atoms with Gasteiger partial charge < -0.3 is 5.32 Å². The highest BCUT2D eigenvalue weighted by atomic mass is 15.2. The Morgan fingerprint density at radius 3 is 2.81 bits per heavy atom. The molecule has 1 aliphatic heterocycles. The lowest BCUT2D eigenvalue weighted by atomic mass is 9.85. The third kappa shape index (κ3) is 3.42. The van der Waals surface area contributed by atoms with Crippen molar-refractivity contribution in [1.82, 2.24) is 15.2 Å². The van der Waals surface area contributed by atoms with Gasteiger partial charge in [-0.05, 0) is 17.5 Å². The molecule has 1 fully saturated rings. The lowest BCUT2D eigenvalue weighted by Gasteiger charge is -2.40. The van der Waals surface area contributed by atoms with Crippen LogP contribution in [0.4, 0.5) is 0 Å². The molecule has 0 spiro atoms. The first-order chi connectivity index (χ1) is 10.0. The van der Waals surface area contributed by atoms with Gasteiger partial charge in [0.25, 0.3) is 0 Å². The summed E-state index contributed by atoms with van der Waals surface area (Å²) < 4.78 is 0. The Morgan fingerprint density at radius 2 is 2.00 bits per heavy atom. The van der Waals surface area contributed by atoms with E-state index in [1.54, 1.807) is 0 Å². The molecule has 1 saturated heterocycles. The van der Waals surface area contributed by atoms with Crippen LogP contribution in [-0.2, 0) is 6.54 Å². The zero-order valence-electron chi connectivity index (χ0n) is 13.3. The average molecular weight is 283 g/mol. The van der Waals surface area contributed by atoms with Crippen LogP contribution >= 0.6 is 0 Å². The maximum Gasteiger partial charge on any atom is 0.0705 e. The first-order valence-corrected chi connectivity index (χ1v) is 7.83. The van der Waals surface area contributed by atoms with Gasteiger partial charge in [-0.15, -0.1) is 0 Å². The van der Waals surface area contributed by atoms with Crippen molar-refractivity contribution < 1.29 is 0 Å². The van der Waals surface area contributed by atoms with Gasteiger partial charge in [0.05, 0.1) is 11.2 Å². The van der Waals surface area contributed by atoms with E-state index in [0.29, 0.717) is 11.5 Å². The van der Waals surface area contributed by atoms with Crippen LogP contribution in [-0.4, -0.2) is 35.6 Å². The van der Waals surface area contributed by atoms with Crippen molar-refractivity contribution >= 4 is 10.9 Å². The molecule has 112 valence electrons. The van der Waals surface area contributed by atoms with Crippen LogP contribution in [0.1, 0.15) is 26.5 Å². The zero-order valence-corrected chi connectivity index (χ0v) is 13.3. The van der Waals surface area contributed by atoms with Crippen molar-refractivity contribution in [2.45, 2.75) is 33.4 Å². The third-order valence-corrected chi connectivity index (χ3v) is 4.35. The molecular formula is C18H25N3. The summed E-state index contributed by atoms with van der Waals surface area (Å²) in [5.74, 6) is 0. The number of nitrogens with one attached hydrogen (secondary N) is 1. The minimum Gasteiger partial charge on any atom is -0.311 e. The molecule has 2 aromatic rings. The second kappa shape index (κ2) is 5.74. The molecule has 0 aliphatic carbocycles. The molecule has 1 aliphatic rings. The van der Waals surface area contributed by atoms with Crippen LogP contribution in [0.25, 0.3) is 10.9 Å². The molecule has 1 aromatic carbocycles. The highest BCUT2D eigenvalue weighted by Gasteiger charge is 2.29. The van der Waals surface area contributed by atoms with Crippen molar-refractivity contribution in [1.29, 1.82) is 0 Å². The highest BCUT2D eigenvalue weighted by molar-refractivity contribution is 5.78. The maximum absolute atomic E-state index is 4.79. The number of fused-ring (bicyclic) bond motifs is 1. The quantitative estimate of drug-likeness (QED) is 0.918. The number of aromatic nitrogens is 1. The average Bonchev–Trinajstić information content (AvgIpc) is 2.46. The van der Waals surface area contributed by atoms with E-state index in [2.05, 4.69) is 67.4 Å². The standard InChI is InChI=1S/C18H25N3/c1-18(2,3)17-13-21(11-10-19-17)12-15-9-8-14-6-4-5-7-16(14)20-15/h4-9,17,19H,10-13H2,1-3H3. The Bertz CT molecular complexity index is 615. The Morgan fingerprint density at radius 1 is 1.19 bits per heavy atom. The SMILES string of the molecule is CC(C)(C)C1CN(Cc2ccc3ccccc3n2)CCN1. The molecule has 2 heterocycles. The first-order valence-electron chi connectivity index (χ1n) is 7.83. The second-order valence-corrected chi connectivity index (χ2v) is 7.10. The summed E-state index contributed by atoms with van der Waals surface area (Å²) in [6.07, 6.45) is 0. The molecule has 3 heteroatoms. The van der Waals surface area contributed by atoms with E-state index < -0.39 is 0 Å². The smallest absolute Gasteiger partial charge is 0.0705 e. The van der Waals surface area contributed by atoms with E-state index >= 15 is 0 Å². The predicted molar refractivity (Wildman–Crippen MR) is 88.3 cm³/mol. The van der Waals surface area contributed by atoms with Crippen LogP contribution in [0.3, 0.4) is 0 Å². The molecule has 1 N–H and O–H groups in total. The number of pyridine rings is 1. The minimum absolute atomic E-state index is 0.301. The summed E-state index contributed by atoms with van der Waals surface area (Å²) in [5.41, 5.74) is 2.57. The van der Waals surface area contributed by atoms with Crippen LogP contribution in [0.2, 0.25) is 0 Å². The summed E-state index contributed by atoms with van der Waals surface area (Å²) in [5, 5.41) is 4.86. The van der Waals surface area contributed by atoms with Crippen molar-refractivity contribution in [2.75, 3.05) is 19.6 Å².